The van der Waals surface area contributed by atoms with Crippen LogP contribution in [0.3, 0.4) is 0 Å². The molecule has 0 aliphatic carbocycles. The summed E-state index contributed by atoms with van der Waals surface area (Å²) in [5.74, 6) is -2.48. The van der Waals surface area contributed by atoms with Gasteiger partial charge in [-0.15, -0.1) is 0 Å². The van der Waals surface area contributed by atoms with Crippen LogP contribution in [0.25, 0.3) is 11.3 Å². The summed E-state index contributed by atoms with van der Waals surface area (Å²) in [6.07, 6.45) is 3.03. The van der Waals surface area contributed by atoms with Gasteiger partial charge in [-0.1, -0.05) is 36.4 Å². The maximum absolute atomic E-state index is 15.2. The Bertz CT molecular complexity index is 1380. The molecule has 0 saturated carbocycles. The molecule has 2 aromatic heterocycles. The number of pyridine rings is 1. The lowest BCUT2D eigenvalue weighted by Gasteiger charge is -2.19. The Balaban J connectivity index is 1.65. The molecule has 0 radical (unpaired) electrons. The molecule has 0 bridgehead atoms. The highest BCUT2D eigenvalue weighted by Gasteiger charge is 2.25. The molecule has 4 aromatic rings. The summed E-state index contributed by atoms with van der Waals surface area (Å²) in [6, 6.07) is 14.9. The monoisotopic (exact) mass is 526 g/mol. The van der Waals surface area contributed by atoms with Crippen LogP contribution in [-0.4, -0.2) is 43.9 Å². The first kappa shape index (κ1) is 26.2. The van der Waals surface area contributed by atoms with E-state index in [1.807, 2.05) is 7.05 Å². The highest BCUT2D eigenvalue weighted by molar-refractivity contribution is 7.77. The molecule has 0 amide bonds. The quantitative estimate of drug-likeness (QED) is 0.171. The zero-order valence-corrected chi connectivity index (χ0v) is 20.5. The first-order chi connectivity index (χ1) is 18.0. The Labute approximate surface area is 214 Å². The Kier molecular flexibility index (Phi) is 8.80. The zero-order valence-electron chi connectivity index (χ0n) is 19.7. The van der Waals surface area contributed by atoms with Crippen LogP contribution < -0.4 is 20.1 Å². The third-order valence-corrected chi connectivity index (χ3v) is 5.74. The van der Waals surface area contributed by atoms with E-state index in [1.165, 1.54) is 18.3 Å². The lowest BCUT2D eigenvalue weighted by molar-refractivity contribution is 0.402. The predicted octanol–water partition coefficient (Wildman–Crippen LogP) is 4.06. The van der Waals surface area contributed by atoms with Crippen LogP contribution in [-0.2, 0) is 11.3 Å². The van der Waals surface area contributed by atoms with Crippen LogP contribution in [0, 0.1) is 11.6 Å². The van der Waals surface area contributed by atoms with E-state index >= 15 is 8.78 Å². The normalized spacial score (nSPS) is 12.6. The maximum Gasteiger partial charge on any atom is 0.232 e. The maximum atomic E-state index is 15.2. The van der Waals surface area contributed by atoms with Crippen molar-refractivity contribution in [2.75, 3.05) is 25.5 Å². The van der Waals surface area contributed by atoms with E-state index in [0.717, 1.165) is 0 Å². The molecular formula is C25H24F2N6O3S. The molecule has 12 heteroatoms. The number of aromatic nitrogens is 3. The van der Waals surface area contributed by atoms with Gasteiger partial charge in [0.2, 0.25) is 28.9 Å². The van der Waals surface area contributed by atoms with Gasteiger partial charge in [0.05, 0.1) is 17.3 Å². The molecule has 2 aromatic carbocycles. The fourth-order valence-electron chi connectivity index (χ4n) is 3.57. The molecule has 0 spiro atoms. The predicted molar refractivity (Wildman–Crippen MR) is 136 cm³/mol. The van der Waals surface area contributed by atoms with E-state index in [1.54, 1.807) is 54.7 Å². The first-order valence-corrected chi connectivity index (χ1v) is 12.3. The Morgan fingerprint density at radius 2 is 1.78 bits per heavy atom. The summed E-state index contributed by atoms with van der Waals surface area (Å²) < 4.78 is 59.3. The van der Waals surface area contributed by atoms with Gasteiger partial charge >= 0.3 is 0 Å². The van der Waals surface area contributed by atoms with Gasteiger partial charge in [-0.05, 0) is 36.9 Å². The molecule has 2 atom stereocenters. The zero-order chi connectivity index (χ0) is 26.2. The topological polar surface area (TPSA) is 121 Å². The van der Waals surface area contributed by atoms with Crippen LogP contribution in [0.1, 0.15) is 17.2 Å². The number of anilines is 1. The highest BCUT2D eigenvalue weighted by Crippen LogP contribution is 2.35. The fourth-order valence-corrected chi connectivity index (χ4v) is 4.03. The number of rotatable bonds is 11. The van der Waals surface area contributed by atoms with Gasteiger partial charge in [-0.25, -0.2) is 28.3 Å². The molecule has 0 aliphatic rings. The second kappa shape index (κ2) is 12.4. The van der Waals surface area contributed by atoms with E-state index in [4.69, 9.17) is 4.74 Å². The van der Waals surface area contributed by atoms with Crippen molar-refractivity contribution >= 4 is 17.2 Å². The van der Waals surface area contributed by atoms with E-state index in [-0.39, 0.29) is 11.4 Å². The number of hydrogen-bond acceptors (Lipinski definition) is 7. The van der Waals surface area contributed by atoms with Gasteiger partial charge in [0.25, 0.3) is 0 Å². The number of hydrogen-bond donors (Lipinski definition) is 4. The molecule has 4 N–H and O–H groups in total. The lowest BCUT2D eigenvalue weighted by atomic mass is 9.99. The van der Waals surface area contributed by atoms with Crippen molar-refractivity contribution in [3.8, 4) is 22.9 Å². The van der Waals surface area contributed by atoms with Crippen molar-refractivity contribution in [3.05, 3.63) is 95.8 Å². The first-order valence-electron chi connectivity index (χ1n) is 11.2. The summed E-state index contributed by atoms with van der Waals surface area (Å²) in [5.41, 5.74) is 1.24. The minimum Gasteiger partial charge on any atom is -0.435 e. The van der Waals surface area contributed by atoms with Gasteiger partial charge in [0, 0.05) is 31.0 Å². The largest absolute Gasteiger partial charge is 0.435 e. The van der Waals surface area contributed by atoms with Crippen molar-refractivity contribution in [3.63, 3.8) is 0 Å². The number of halogens is 2. The van der Waals surface area contributed by atoms with Crippen molar-refractivity contribution in [2.45, 2.75) is 6.04 Å². The van der Waals surface area contributed by atoms with Crippen LogP contribution in [0.5, 0.6) is 11.6 Å². The number of nitrogens with zero attached hydrogens (tertiary/aromatic N) is 3. The number of benzene rings is 2. The van der Waals surface area contributed by atoms with E-state index in [2.05, 4.69) is 30.3 Å². The molecule has 0 saturated heterocycles. The second-order valence-corrected chi connectivity index (χ2v) is 8.48. The molecule has 9 nitrogen and oxygen atoms in total. The van der Waals surface area contributed by atoms with Gasteiger partial charge < -0.3 is 15.4 Å². The number of likely N-dealkylation sites (N-methyl/N-ethyl adjacent to an activating group) is 1. The van der Waals surface area contributed by atoms with Gasteiger partial charge in [0.15, 0.2) is 11.6 Å². The second-order valence-electron chi connectivity index (χ2n) is 7.75. The lowest BCUT2D eigenvalue weighted by Crippen LogP contribution is -2.25. The smallest absolute Gasteiger partial charge is 0.232 e. The van der Waals surface area contributed by atoms with Crippen molar-refractivity contribution < 1.29 is 22.3 Å². The number of nitrogens with one attached hydrogen (secondary N) is 3. The summed E-state index contributed by atoms with van der Waals surface area (Å²) in [4.78, 5) is 12.8. The Morgan fingerprint density at radius 3 is 2.54 bits per heavy atom. The van der Waals surface area contributed by atoms with Gasteiger partial charge in [0.1, 0.15) is 0 Å². The van der Waals surface area contributed by atoms with Crippen LogP contribution in [0.4, 0.5) is 14.7 Å². The van der Waals surface area contributed by atoms with Crippen molar-refractivity contribution in [1.82, 2.24) is 25.0 Å². The van der Waals surface area contributed by atoms with Crippen LogP contribution in [0.15, 0.2) is 73.1 Å². The number of ether oxygens (including phenoxy) is 1. The van der Waals surface area contributed by atoms with E-state index in [0.29, 0.717) is 35.9 Å². The average molecular weight is 527 g/mol. The molecule has 0 fully saturated rings. The Hall–Kier alpha value is -3.84. The van der Waals surface area contributed by atoms with Crippen molar-refractivity contribution in [2.24, 2.45) is 0 Å². The minimum absolute atomic E-state index is 0.0163. The van der Waals surface area contributed by atoms with E-state index < -0.39 is 34.7 Å². The van der Waals surface area contributed by atoms with Crippen LogP contribution >= 0.6 is 0 Å². The third-order valence-electron chi connectivity index (χ3n) is 5.31. The molecule has 2 heterocycles. The molecule has 192 valence electrons. The summed E-state index contributed by atoms with van der Waals surface area (Å²) in [5, 5.41) is 6.10. The third kappa shape index (κ3) is 6.49. The molecule has 0 aliphatic heterocycles. The SMILES string of the molecule is CNCCNc1nccc(-c2cccnc2Oc2ccc(C(NS(=O)O)c3ccccc3)c(F)c2F)n1. The summed E-state index contributed by atoms with van der Waals surface area (Å²) in [6.45, 7) is 1.32. The van der Waals surface area contributed by atoms with Crippen LogP contribution in [0.2, 0.25) is 0 Å². The van der Waals surface area contributed by atoms with Crippen molar-refractivity contribution in [1.29, 1.82) is 0 Å². The molecule has 2 unspecified atom stereocenters. The highest BCUT2D eigenvalue weighted by atomic mass is 32.2. The van der Waals surface area contributed by atoms with Gasteiger partial charge in [-0.3, -0.25) is 4.55 Å². The summed E-state index contributed by atoms with van der Waals surface area (Å²) >= 11 is -2.48. The van der Waals surface area contributed by atoms with Gasteiger partial charge in [-0.2, -0.15) is 4.39 Å². The Morgan fingerprint density at radius 1 is 0.973 bits per heavy atom. The fraction of sp³-hybridized carbons (Fsp3) is 0.160. The molecular weight excluding hydrogens is 502 g/mol. The molecule has 4 rings (SSSR count). The summed E-state index contributed by atoms with van der Waals surface area (Å²) in [7, 11) is 1.83. The standard InChI is InChI=1S/C25H24F2N6O3S/c1-28-14-15-31-25-30-13-11-19(32-25)17-8-5-12-29-24(17)36-20-10-9-18(21(26)22(20)27)23(33-37(34)35)16-6-3-2-4-7-16/h2-13,23,28,33H,14-15H2,1H3,(H,34,35)(H,30,31,32). The van der Waals surface area contributed by atoms with E-state index in [9.17, 15) is 8.76 Å². The average Bonchev–Trinajstić information content (AvgIpc) is 2.91. The minimum atomic E-state index is -2.48. The molecule has 37 heavy (non-hydrogen) atoms.